The molecule has 3 heterocycles. The average molecular weight is 343 g/mol. The fraction of sp³-hybridized carbons (Fsp3) is 0.455. The van der Waals surface area contributed by atoms with Crippen molar-refractivity contribution in [1.82, 2.24) is 19.7 Å². The molecule has 0 aliphatic carbocycles. The second kappa shape index (κ2) is 6.17. The first kappa shape index (κ1) is 15.8. The minimum absolute atomic E-state index is 0.189. The maximum absolute atomic E-state index is 11.9. The topological polar surface area (TPSA) is 154 Å². The van der Waals surface area contributed by atoms with E-state index in [-0.39, 0.29) is 5.13 Å². The summed E-state index contributed by atoms with van der Waals surface area (Å²) in [5.74, 6) is 0. The first-order chi connectivity index (χ1) is 11.0. The predicted octanol–water partition coefficient (Wildman–Crippen LogP) is -2.58. The summed E-state index contributed by atoms with van der Waals surface area (Å²) in [7, 11) is 0. The Labute approximate surface area is 132 Å². The van der Waals surface area contributed by atoms with Crippen LogP contribution in [-0.2, 0) is 4.74 Å². The first-order valence-corrected chi connectivity index (χ1v) is 7.39. The van der Waals surface area contributed by atoms with Crippen LogP contribution in [-0.4, -0.2) is 60.2 Å². The molecule has 4 atom stereocenters. The lowest BCUT2D eigenvalue weighted by atomic mass is 10.2. The number of aromatic amines is 1. The zero-order chi connectivity index (χ0) is 16.6. The standard InChI is InChI=1S/C11H13N5O6S/c17-3-5-7(19)16(11-14-12-4-23-11)8(20)9(22-5)15-2-1-6(18)13-10(15)21/h1-2,4-5,7-9,17,19-20H,3H2,(H,13,18,21)/t5-,7?,8?,9-/m1/s1. The summed E-state index contributed by atoms with van der Waals surface area (Å²) in [6, 6.07) is 1.09. The van der Waals surface area contributed by atoms with Crippen molar-refractivity contribution in [1.29, 1.82) is 0 Å². The molecule has 11 nitrogen and oxygen atoms in total. The minimum Gasteiger partial charge on any atom is -0.393 e. The average Bonchev–Trinajstić information content (AvgIpc) is 3.03. The van der Waals surface area contributed by atoms with Gasteiger partial charge in [0.05, 0.1) is 6.61 Å². The Kier molecular flexibility index (Phi) is 4.23. The monoisotopic (exact) mass is 343 g/mol. The van der Waals surface area contributed by atoms with Gasteiger partial charge in [0, 0.05) is 12.3 Å². The smallest absolute Gasteiger partial charge is 0.330 e. The number of nitrogens with one attached hydrogen (secondary N) is 1. The third-order valence-electron chi connectivity index (χ3n) is 3.35. The van der Waals surface area contributed by atoms with E-state index < -0.39 is 42.6 Å². The van der Waals surface area contributed by atoms with Crippen molar-refractivity contribution < 1.29 is 20.1 Å². The van der Waals surface area contributed by atoms with Crippen LogP contribution in [0.15, 0.2) is 27.4 Å². The highest BCUT2D eigenvalue weighted by atomic mass is 32.1. The van der Waals surface area contributed by atoms with Crippen LogP contribution >= 0.6 is 11.3 Å². The highest BCUT2D eigenvalue weighted by Crippen LogP contribution is 2.32. The molecule has 0 radical (unpaired) electrons. The summed E-state index contributed by atoms with van der Waals surface area (Å²) in [5.41, 5.74) is 0.00226. The van der Waals surface area contributed by atoms with Gasteiger partial charge in [-0.3, -0.25) is 19.2 Å². The van der Waals surface area contributed by atoms with E-state index in [1.807, 2.05) is 4.98 Å². The van der Waals surface area contributed by atoms with Gasteiger partial charge < -0.3 is 20.1 Å². The molecule has 1 saturated heterocycles. The number of H-pyrrole nitrogens is 1. The molecule has 0 bridgehead atoms. The van der Waals surface area contributed by atoms with Gasteiger partial charge in [-0.25, -0.2) is 4.79 Å². The molecule has 23 heavy (non-hydrogen) atoms. The normalized spacial score (nSPS) is 28.0. The largest absolute Gasteiger partial charge is 0.393 e. The zero-order valence-electron chi connectivity index (χ0n) is 11.5. The molecule has 1 fully saturated rings. The number of anilines is 1. The molecule has 2 aromatic heterocycles. The van der Waals surface area contributed by atoms with E-state index in [1.54, 1.807) is 0 Å². The maximum atomic E-state index is 11.9. The van der Waals surface area contributed by atoms with Gasteiger partial charge in [0.25, 0.3) is 5.56 Å². The summed E-state index contributed by atoms with van der Waals surface area (Å²) in [4.78, 5) is 26.2. The second-order valence-electron chi connectivity index (χ2n) is 4.72. The first-order valence-electron chi connectivity index (χ1n) is 6.51. The predicted molar refractivity (Wildman–Crippen MR) is 76.7 cm³/mol. The Bertz CT molecular complexity index is 776. The SMILES string of the molecule is O=c1ccn([C@@H]2O[C@H](CO)C(O)N(c3nncs3)C2O)c(=O)[nH]1. The molecule has 1 aliphatic rings. The van der Waals surface area contributed by atoms with Crippen molar-refractivity contribution in [3.05, 3.63) is 38.6 Å². The van der Waals surface area contributed by atoms with Gasteiger partial charge in [-0.2, -0.15) is 0 Å². The molecule has 12 heteroatoms. The van der Waals surface area contributed by atoms with E-state index in [0.717, 1.165) is 33.1 Å². The van der Waals surface area contributed by atoms with E-state index >= 15 is 0 Å². The van der Waals surface area contributed by atoms with E-state index in [1.165, 1.54) is 5.51 Å². The number of aromatic nitrogens is 4. The molecular weight excluding hydrogens is 330 g/mol. The van der Waals surface area contributed by atoms with Crippen LogP contribution in [0.3, 0.4) is 0 Å². The van der Waals surface area contributed by atoms with Crippen molar-refractivity contribution in [3.8, 4) is 0 Å². The van der Waals surface area contributed by atoms with Crippen LogP contribution in [0.2, 0.25) is 0 Å². The van der Waals surface area contributed by atoms with Gasteiger partial charge in [0.15, 0.2) is 18.7 Å². The Morgan fingerprint density at radius 1 is 1.35 bits per heavy atom. The molecule has 4 N–H and O–H groups in total. The molecular formula is C11H13N5O6S. The van der Waals surface area contributed by atoms with E-state index in [9.17, 15) is 24.9 Å². The number of rotatable bonds is 3. The van der Waals surface area contributed by atoms with Crippen LogP contribution < -0.4 is 16.1 Å². The van der Waals surface area contributed by atoms with Crippen molar-refractivity contribution in [3.63, 3.8) is 0 Å². The Balaban J connectivity index is 2.03. The summed E-state index contributed by atoms with van der Waals surface area (Å²) in [6.07, 6.45) is -4.11. The highest BCUT2D eigenvalue weighted by Gasteiger charge is 2.44. The third kappa shape index (κ3) is 2.77. The molecule has 0 aromatic carbocycles. The van der Waals surface area contributed by atoms with Crippen molar-refractivity contribution in [2.24, 2.45) is 0 Å². The molecule has 0 saturated carbocycles. The van der Waals surface area contributed by atoms with E-state index in [2.05, 4.69) is 10.2 Å². The number of aliphatic hydroxyl groups excluding tert-OH is 3. The number of nitrogens with zero attached hydrogens (tertiary/aromatic N) is 4. The molecule has 2 aromatic rings. The summed E-state index contributed by atoms with van der Waals surface area (Å²) >= 11 is 1.05. The van der Waals surface area contributed by atoms with Crippen LogP contribution in [0.5, 0.6) is 0 Å². The molecule has 2 unspecified atom stereocenters. The summed E-state index contributed by atoms with van der Waals surface area (Å²) in [5, 5.41) is 37.7. The van der Waals surface area contributed by atoms with Crippen LogP contribution in [0.1, 0.15) is 6.23 Å². The number of hydrogen-bond acceptors (Lipinski definition) is 10. The molecule has 0 spiro atoms. The van der Waals surface area contributed by atoms with Gasteiger partial charge in [-0.15, -0.1) is 10.2 Å². The van der Waals surface area contributed by atoms with E-state index in [0.29, 0.717) is 0 Å². The molecule has 1 aliphatic heterocycles. The van der Waals surface area contributed by atoms with Gasteiger partial charge in [-0.1, -0.05) is 11.3 Å². The number of hydrogen-bond donors (Lipinski definition) is 4. The number of ether oxygens (including phenoxy) is 1. The third-order valence-corrected chi connectivity index (χ3v) is 4.05. The lowest BCUT2D eigenvalue weighted by molar-refractivity contribution is -0.205. The second-order valence-corrected chi connectivity index (χ2v) is 5.53. The lowest BCUT2D eigenvalue weighted by Crippen LogP contribution is -2.61. The van der Waals surface area contributed by atoms with Crippen LogP contribution in [0, 0.1) is 0 Å². The molecule has 0 amide bonds. The molecule has 3 rings (SSSR count). The van der Waals surface area contributed by atoms with Crippen LogP contribution in [0.25, 0.3) is 0 Å². The molecule has 124 valence electrons. The Hall–Kier alpha value is -2.12. The summed E-state index contributed by atoms with van der Waals surface area (Å²) < 4.78 is 6.35. The highest BCUT2D eigenvalue weighted by molar-refractivity contribution is 7.13. The van der Waals surface area contributed by atoms with Gasteiger partial charge >= 0.3 is 5.69 Å². The van der Waals surface area contributed by atoms with Crippen LogP contribution in [0.4, 0.5) is 5.13 Å². The zero-order valence-corrected chi connectivity index (χ0v) is 12.3. The fourth-order valence-electron chi connectivity index (χ4n) is 2.27. The Morgan fingerprint density at radius 2 is 2.13 bits per heavy atom. The number of aliphatic hydroxyl groups is 3. The summed E-state index contributed by atoms with van der Waals surface area (Å²) in [6.45, 7) is -0.558. The van der Waals surface area contributed by atoms with Crippen molar-refractivity contribution in [2.45, 2.75) is 24.8 Å². The van der Waals surface area contributed by atoms with Crippen molar-refractivity contribution in [2.75, 3.05) is 11.5 Å². The fourth-order valence-corrected chi connectivity index (χ4v) is 2.89. The van der Waals surface area contributed by atoms with Crippen molar-refractivity contribution >= 4 is 16.5 Å². The van der Waals surface area contributed by atoms with Gasteiger partial charge in [-0.05, 0) is 0 Å². The van der Waals surface area contributed by atoms with Gasteiger partial charge in [0.1, 0.15) is 11.6 Å². The lowest BCUT2D eigenvalue weighted by Gasteiger charge is -2.44. The quantitative estimate of drug-likeness (QED) is 0.470. The van der Waals surface area contributed by atoms with E-state index in [4.69, 9.17) is 4.74 Å². The number of morpholine rings is 1. The van der Waals surface area contributed by atoms with Gasteiger partial charge in [0.2, 0.25) is 5.13 Å². The minimum atomic E-state index is -1.50. The Morgan fingerprint density at radius 3 is 2.74 bits per heavy atom. The maximum Gasteiger partial charge on any atom is 0.330 e.